The van der Waals surface area contributed by atoms with E-state index in [4.69, 9.17) is 4.74 Å². The minimum absolute atomic E-state index is 0.103. The van der Waals surface area contributed by atoms with Gasteiger partial charge in [0.15, 0.2) is 0 Å². The van der Waals surface area contributed by atoms with Crippen LogP contribution < -0.4 is 20.7 Å². The summed E-state index contributed by atoms with van der Waals surface area (Å²) in [5.74, 6) is 0.235. The van der Waals surface area contributed by atoms with Crippen molar-refractivity contribution in [2.75, 3.05) is 17.7 Å². The molecule has 0 bridgehead atoms. The molecule has 0 spiro atoms. The Labute approximate surface area is 146 Å². The zero-order valence-electron chi connectivity index (χ0n) is 14.3. The van der Waals surface area contributed by atoms with Crippen molar-refractivity contribution in [1.82, 2.24) is 5.32 Å². The number of carbonyl (C=O) groups excluding carboxylic acids is 2. The standard InChI is InChI=1S/C19H21N3O3/c1-12(23)21-16-10-15(7-8-18(16)25-2)22-19(24)17-9-13-5-3-4-6-14(13)11-20-17/h3-8,10,17,20H,9,11H2,1-2H3,(H,21,23)(H,22,24). The van der Waals surface area contributed by atoms with E-state index < -0.39 is 0 Å². The first-order chi connectivity index (χ1) is 12.1. The molecule has 0 saturated heterocycles. The van der Waals surface area contributed by atoms with Crippen molar-refractivity contribution in [3.05, 3.63) is 53.6 Å². The van der Waals surface area contributed by atoms with Gasteiger partial charge in [-0.1, -0.05) is 24.3 Å². The van der Waals surface area contributed by atoms with E-state index >= 15 is 0 Å². The largest absolute Gasteiger partial charge is 0.495 e. The molecule has 1 atom stereocenters. The lowest BCUT2D eigenvalue weighted by atomic mass is 9.95. The van der Waals surface area contributed by atoms with E-state index in [1.807, 2.05) is 12.1 Å². The average Bonchev–Trinajstić information content (AvgIpc) is 2.61. The maximum Gasteiger partial charge on any atom is 0.241 e. The van der Waals surface area contributed by atoms with Gasteiger partial charge in [-0.05, 0) is 35.7 Å². The van der Waals surface area contributed by atoms with E-state index in [1.165, 1.54) is 25.2 Å². The Balaban J connectivity index is 1.72. The zero-order chi connectivity index (χ0) is 17.8. The fraction of sp³-hybridized carbons (Fsp3) is 0.263. The van der Waals surface area contributed by atoms with Gasteiger partial charge in [0.05, 0.1) is 18.8 Å². The van der Waals surface area contributed by atoms with Crippen LogP contribution in [0.3, 0.4) is 0 Å². The van der Waals surface area contributed by atoms with E-state index in [0.717, 1.165) is 0 Å². The molecule has 25 heavy (non-hydrogen) atoms. The molecule has 130 valence electrons. The fourth-order valence-electron chi connectivity index (χ4n) is 2.94. The molecule has 2 amide bonds. The number of anilines is 2. The summed E-state index contributed by atoms with van der Waals surface area (Å²) in [6.45, 7) is 2.10. The molecule has 2 aromatic rings. The molecule has 0 aliphatic carbocycles. The highest BCUT2D eigenvalue weighted by Crippen LogP contribution is 2.28. The van der Waals surface area contributed by atoms with E-state index in [9.17, 15) is 9.59 Å². The quantitative estimate of drug-likeness (QED) is 0.799. The summed E-state index contributed by atoms with van der Waals surface area (Å²) >= 11 is 0. The number of hydrogen-bond donors (Lipinski definition) is 3. The smallest absolute Gasteiger partial charge is 0.241 e. The maximum absolute atomic E-state index is 12.6. The summed E-state index contributed by atoms with van der Waals surface area (Å²) in [4.78, 5) is 23.9. The van der Waals surface area contributed by atoms with Crippen LogP contribution in [0.5, 0.6) is 5.75 Å². The van der Waals surface area contributed by atoms with E-state index in [2.05, 4.69) is 28.1 Å². The lowest BCUT2D eigenvalue weighted by Gasteiger charge is -2.25. The Kier molecular flexibility index (Phi) is 5.00. The van der Waals surface area contributed by atoms with Crippen LogP contribution in [0.2, 0.25) is 0 Å². The van der Waals surface area contributed by atoms with Crippen LogP contribution in [-0.4, -0.2) is 25.0 Å². The Morgan fingerprint density at radius 1 is 1.12 bits per heavy atom. The van der Waals surface area contributed by atoms with Crippen molar-refractivity contribution in [3.63, 3.8) is 0 Å². The first-order valence-electron chi connectivity index (χ1n) is 8.13. The molecule has 3 rings (SSSR count). The molecule has 2 aromatic carbocycles. The second-order valence-electron chi connectivity index (χ2n) is 5.99. The molecule has 1 aliphatic rings. The summed E-state index contributed by atoms with van der Waals surface area (Å²) in [5, 5.41) is 8.86. The van der Waals surface area contributed by atoms with Crippen molar-refractivity contribution in [2.45, 2.75) is 25.9 Å². The highest BCUT2D eigenvalue weighted by molar-refractivity contribution is 5.97. The van der Waals surface area contributed by atoms with Crippen LogP contribution in [-0.2, 0) is 22.6 Å². The molecule has 0 saturated carbocycles. The number of benzene rings is 2. The molecular formula is C19H21N3O3. The highest BCUT2D eigenvalue weighted by Gasteiger charge is 2.24. The van der Waals surface area contributed by atoms with Gasteiger partial charge in [-0.25, -0.2) is 0 Å². The summed E-state index contributed by atoms with van der Waals surface area (Å²) < 4.78 is 5.22. The topological polar surface area (TPSA) is 79.5 Å². The van der Waals surface area contributed by atoms with Gasteiger partial charge in [0.2, 0.25) is 11.8 Å². The van der Waals surface area contributed by atoms with E-state index in [-0.39, 0.29) is 17.9 Å². The summed E-state index contributed by atoms with van der Waals surface area (Å²) in [6.07, 6.45) is 0.650. The van der Waals surface area contributed by atoms with Gasteiger partial charge >= 0.3 is 0 Å². The number of rotatable bonds is 4. The van der Waals surface area contributed by atoms with Crippen molar-refractivity contribution < 1.29 is 14.3 Å². The molecule has 0 fully saturated rings. The highest BCUT2D eigenvalue weighted by atomic mass is 16.5. The van der Waals surface area contributed by atoms with Crippen molar-refractivity contribution in [2.24, 2.45) is 0 Å². The monoisotopic (exact) mass is 339 g/mol. The summed E-state index contributed by atoms with van der Waals surface area (Å²) in [6, 6.07) is 13.0. The molecule has 6 heteroatoms. The Morgan fingerprint density at radius 2 is 1.88 bits per heavy atom. The van der Waals surface area contributed by atoms with E-state index in [1.54, 1.807) is 18.2 Å². The van der Waals surface area contributed by atoms with Gasteiger partial charge in [-0.2, -0.15) is 0 Å². The van der Waals surface area contributed by atoms with Gasteiger partial charge < -0.3 is 20.7 Å². The molecular weight excluding hydrogens is 318 g/mol. The summed E-state index contributed by atoms with van der Waals surface area (Å²) in [5.41, 5.74) is 3.55. The van der Waals surface area contributed by atoms with Crippen LogP contribution in [0.4, 0.5) is 11.4 Å². The minimum atomic E-state index is -0.291. The molecule has 0 aromatic heterocycles. The van der Waals surface area contributed by atoms with Gasteiger partial charge in [-0.15, -0.1) is 0 Å². The summed E-state index contributed by atoms with van der Waals surface area (Å²) in [7, 11) is 1.53. The number of fused-ring (bicyclic) bond motifs is 1. The predicted molar refractivity (Wildman–Crippen MR) is 96.7 cm³/mol. The van der Waals surface area contributed by atoms with Gasteiger partial charge in [-0.3, -0.25) is 9.59 Å². The Morgan fingerprint density at radius 3 is 2.60 bits per heavy atom. The van der Waals surface area contributed by atoms with Gasteiger partial charge in [0, 0.05) is 19.2 Å². The van der Waals surface area contributed by atoms with Gasteiger partial charge in [0.25, 0.3) is 0 Å². The molecule has 1 heterocycles. The molecule has 0 radical (unpaired) electrons. The molecule has 1 aliphatic heterocycles. The van der Waals surface area contributed by atoms with Gasteiger partial charge in [0.1, 0.15) is 5.75 Å². The van der Waals surface area contributed by atoms with Crippen molar-refractivity contribution >= 4 is 23.2 Å². The first-order valence-corrected chi connectivity index (χ1v) is 8.13. The minimum Gasteiger partial charge on any atom is -0.495 e. The number of hydrogen-bond acceptors (Lipinski definition) is 4. The number of methoxy groups -OCH3 is 1. The van der Waals surface area contributed by atoms with Crippen molar-refractivity contribution in [3.8, 4) is 5.75 Å². The Hall–Kier alpha value is -2.86. The molecule has 3 N–H and O–H groups in total. The second-order valence-corrected chi connectivity index (χ2v) is 5.99. The number of carbonyl (C=O) groups is 2. The lowest BCUT2D eigenvalue weighted by Crippen LogP contribution is -2.44. The van der Waals surface area contributed by atoms with Crippen LogP contribution in [0.1, 0.15) is 18.1 Å². The third-order valence-corrected chi connectivity index (χ3v) is 4.18. The van der Waals surface area contributed by atoms with E-state index in [0.29, 0.717) is 30.1 Å². The predicted octanol–water partition coefficient (Wildman–Crippen LogP) is 2.31. The van der Waals surface area contributed by atoms with Crippen LogP contribution >= 0.6 is 0 Å². The van der Waals surface area contributed by atoms with Crippen LogP contribution in [0.15, 0.2) is 42.5 Å². The second kappa shape index (κ2) is 7.36. The average molecular weight is 339 g/mol. The van der Waals surface area contributed by atoms with Crippen molar-refractivity contribution in [1.29, 1.82) is 0 Å². The Bertz CT molecular complexity index is 804. The third-order valence-electron chi connectivity index (χ3n) is 4.18. The molecule has 1 unspecified atom stereocenters. The number of amides is 2. The SMILES string of the molecule is COc1ccc(NC(=O)C2Cc3ccccc3CN2)cc1NC(C)=O. The van der Waals surface area contributed by atoms with Crippen LogP contribution in [0.25, 0.3) is 0 Å². The number of nitrogens with one attached hydrogen (secondary N) is 3. The normalized spacial score (nSPS) is 15.8. The lowest BCUT2D eigenvalue weighted by molar-refractivity contribution is -0.118. The fourth-order valence-corrected chi connectivity index (χ4v) is 2.94. The molecule has 6 nitrogen and oxygen atoms in total. The zero-order valence-corrected chi connectivity index (χ0v) is 14.3. The first kappa shape index (κ1) is 17.0. The third kappa shape index (κ3) is 3.97. The maximum atomic E-state index is 12.6. The number of ether oxygens (including phenoxy) is 1. The van der Waals surface area contributed by atoms with Crippen LogP contribution in [0, 0.1) is 0 Å².